The van der Waals surface area contributed by atoms with Crippen molar-refractivity contribution in [3.8, 4) is 11.5 Å². The lowest BCUT2D eigenvalue weighted by Crippen LogP contribution is -2.30. The molecule has 7 nitrogen and oxygen atoms in total. The number of hydrogen-bond acceptors (Lipinski definition) is 7. The fourth-order valence-corrected chi connectivity index (χ4v) is 3.95. The lowest BCUT2D eigenvalue weighted by Gasteiger charge is -2.18. The van der Waals surface area contributed by atoms with Gasteiger partial charge in [-0.05, 0) is 42.8 Å². The minimum atomic E-state index is -0.206. The number of amidine groups is 1. The van der Waals surface area contributed by atoms with Crippen molar-refractivity contribution in [2.24, 2.45) is 4.99 Å². The molecular formula is C23H21N3O4S. The summed E-state index contributed by atoms with van der Waals surface area (Å²) in [5, 5.41) is 4.59. The van der Waals surface area contributed by atoms with Crippen LogP contribution in [0.5, 0.6) is 11.5 Å². The first-order valence-electron chi connectivity index (χ1n) is 9.55. The van der Waals surface area contributed by atoms with E-state index in [0.29, 0.717) is 28.1 Å². The second kappa shape index (κ2) is 9.09. The highest BCUT2D eigenvalue weighted by Crippen LogP contribution is 2.32. The van der Waals surface area contributed by atoms with Crippen molar-refractivity contribution in [1.82, 2.24) is 5.16 Å². The van der Waals surface area contributed by atoms with E-state index in [1.807, 2.05) is 61.5 Å². The number of anilines is 1. The average Bonchev–Trinajstić information content (AvgIpc) is 3.35. The molecule has 1 aliphatic rings. The summed E-state index contributed by atoms with van der Waals surface area (Å²) in [5.74, 6) is 2.47. The van der Waals surface area contributed by atoms with Gasteiger partial charge in [-0.3, -0.25) is 9.69 Å². The van der Waals surface area contributed by atoms with Gasteiger partial charge in [0.25, 0.3) is 5.91 Å². The maximum atomic E-state index is 13.3. The number of methoxy groups -OCH3 is 2. The van der Waals surface area contributed by atoms with Crippen LogP contribution in [0, 0.1) is 6.92 Å². The maximum absolute atomic E-state index is 13.3. The number of ether oxygens (including phenoxy) is 2. The number of amides is 1. The molecule has 0 N–H and O–H groups in total. The molecule has 1 aromatic heterocycles. The van der Waals surface area contributed by atoms with Gasteiger partial charge in [0.05, 0.1) is 25.6 Å². The summed E-state index contributed by atoms with van der Waals surface area (Å²) in [6, 6.07) is 16.7. The molecule has 0 saturated heterocycles. The van der Waals surface area contributed by atoms with Crippen LogP contribution in [0.1, 0.15) is 17.0 Å². The topological polar surface area (TPSA) is 77.2 Å². The molecule has 158 valence electrons. The number of nitrogens with zero attached hydrogens (tertiary/aromatic N) is 3. The Balaban J connectivity index is 1.66. The molecule has 1 amide bonds. The smallest absolute Gasteiger partial charge is 0.283 e. The molecule has 2 aromatic carbocycles. The normalized spacial score (nSPS) is 14.8. The van der Waals surface area contributed by atoms with E-state index < -0.39 is 0 Å². The van der Waals surface area contributed by atoms with E-state index in [1.54, 1.807) is 25.2 Å². The molecule has 0 spiro atoms. The number of aromatic nitrogens is 1. The molecule has 0 fully saturated rings. The summed E-state index contributed by atoms with van der Waals surface area (Å²) in [7, 11) is 3.21. The molecular weight excluding hydrogens is 414 g/mol. The molecule has 1 aliphatic heterocycles. The molecule has 0 bridgehead atoms. The predicted octanol–water partition coefficient (Wildman–Crippen LogP) is 4.68. The molecule has 0 saturated carbocycles. The highest BCUT2D eigenvalue weighted by atomic mass is 32.2. The van der Waals surface area contributed by atoms with Gasteiger partial charge < -0.3 is 14.0 Å². The first-order valence-corrected chi connectivity index (χ1v) is 10.5. The largest absolute Gasteiger partial charge is 0.497 e. The summed E-state index contributed by atoms with van der Waals surface area (Å²) >= 11 is 1.42. The van der Waals surface area contributed by atoms with Crippen molar-refractivity contribution in [3.05, 3.63) is 77.3 Å². The molecule has 0 radical (unpaired) electrons. The Morgan fingerprint density at radius 3 is 2.52 bits per heavy atom. The third kappa shape index (κ3) is 4.64. The number of hydrogen-bond donors (Lipinski definition) is 0. The molecule has 0 unspecified atom stereocenters. The maximum Gasteiger partial charge on any atom is 0.283 e. The van der Waals surface area contributed by atoms with E-state index in [1.165, 1.54) is 11.8 Å². The SMILES string of the molecule is COc1ccc(C=C2N=C(SCc3cc(C)on3)N(c3cccc(OC)c3)C2=O)cc1. The Labute approximate surface area is 184 Å². The number of aryl methyl sites for hydroxylation is 1. The summed E-state index contributed by atoms with van der Waals surface area (Å²) in [5.41, 5.74) is 2.68. The molecule has 0 atom stereocenters. The van der Waals surface area contributed by atoms with Crippen LogP contribution in [0.3, 0.4) is 0 Å². The number of thioether (sulfide) groups is 1. The zero-order chi connectivity index (χ0) is 21.8. The first-order chi connectivity index (χ1) is 15.1. The Bertz CT molecular complexity index is 1150. The van der Waals surface area contributed by atoms with Crippen molar-refractivity contribution in [3.63, 3.8) is 0 Å². The van der Waals surface area contributed by atoms with Gasteiger partial charge >= 0.3 is 0 Å². The molecule has 4 rings (SSSR count). The zero-order valence-corrected chi connectivity index (χ0v) is 18.2. The standard InChI is InChI=1S/C23H21N3O4S/c1-15-11-17(25-30-15)14-31-23-24-21(12-16-7-9-19(28-2)10-8-16)22(27)26(23)18-5-4-6-20(13-18)29-3/h4-13H,14H2,1-3H3. The predicted molar refractivity (Wildman–Crippen MR) is 121 cm³/mol. The van der Waals surface area contributed by atoms with Crippen molar-refractivity contribution >= 4 is 34.6 Å². The van der Waals surface area contributed by atoms with Crippen LogP contribution in [-0.4, -0.2) is 30.5 Å². The number of aliphatic imine (C=N–C) groups is 1. The molecule has 3 aromatic rings. The van der Waals surface area contributed by atoms with Crippen molar-refractivity contribution < 1.29 is 18.8 Å². The van der Waals surface area contributed by atoms with Crippen molar-refractivity contribution in [1.29, 1.82) is 0 Å². The number of carbonyl (C=O) groups excluding carboxylic acids is 1. The van der Waals surface area contributed by atoms with E-state index >= 15 is 0 Å². The third-order valence-electron chi connectivity index (χ3n) is 4.59. The number of rotatable bonds is 6. The lowest BCUT2D eigenvalue weighted by atomic mass is 10.2. The van der Waals surface area contributed by atoms with Gasteiger partial charge in [0, 0.05) is 17.9 Å². The number of carbonyl (C=O) groups is 1. The van der Waals surface area contributed by atoms with Gasteiger partial charge in [-0.15, -0.1) is 0 Å². The Hall–Kier alpha value is -3.52. The van der Waals surface area contributed by atoms with Crippen LogP contribution in [-0.2, 0) is 10.5 Å². The fourth-order valence-electron chi connectivity index (χ4n) is 3.05. The van der Waals surface area contributed by atoms with E-state index in [-0.39, 0.29) is 5.91 Å². The average molecular weight is 436 g/mol. The van der Waals surface area contributed by atoms with Gasteiger partial charge in [-0.2, -0.15) is 0 Å². The second-order valence-electron chi connectivity index (χ2n) is 6.76. The number of benzene rings is 2. The quantitative estimate of drug-likeness (QED) is 0.524. The van der Waals surface area contributed by atoms with Gasteiger partial charge in [-0.25, -0.2) is 4.99 Å². The van der Waals surface area contributed by atoms with Crippen LogP contribution < -0.4 is 14.4 Å². The summed E-state index contributed by atoms with van der Waals surface area (Å²) in [4.78, 5) is 19.5. The van der Waals surface area contributed by atoms with Gasteiger partial charge in [0.1, 0.15) is 23.0 Å². The van der Waals surface area contributed by atoms with E-state index in [2.05, 4.69) is 10.1 Å². The van der Waals surface area contributed by atoms with E-state index in [4.69, 9.17) is 14.0 Å². The van der Waals surface area contributed by atoms with Crippen LogP contribution in [0.15, 0.2) is 69.8 Å². The summed E-state index contributed by atoms with van der Waals surface area (Å²) in [6.07, 6.45) is 1.77. The monoisotopic (exact) mass is 435 g/mol. The van der Waals surface area contributed by atoms with Crippen molar-refractivity contribution in [2.45, 2.75) is 12.7 Å². The molecule has 8 heteroatoms. The van der Waals surface area contributed by atoms with Crippen LogP contribution >= 0.6 is 11.8 Å². The highest BCUT2D eigenvalue weighted by Gasteiger charge is 2.32. The summed E-state index contributed by atoms with van der Waals surface area (Å²) in [6.45, 7) is 1.84. The zero-order valence-electron chi connectivity index (χ0n) is 17.4. The van der Waals surface area contributed by atoms with E-state index in [9.17, 15) is 4.79 Å². The Morgan fingerprint density at radius 1 is 1.06 bits per heavy atom. The van der Waals surface area contributed by atoms with E-state index in [0.717, 1.165) is 22.8 Å². The third-order valence-corrected chi connectivity index (χ3v) is 5.56. The van der Waals surface area contributed by atoms with Gasteiger partial charge in [0.15, 0.2) is 5.17 Å². The minimum Gasteiger partial charge on any atom is -0.497 e. The van der Waals surface area contributed by atoms with Crippen LogP contribution in [0.4, 0.5) is 5.69 Å². The fraction of sp³-hybridized carbons (Fsp3) is 0.174. The van der Waals surface area contributed by atoms with Crippen molar-refractivity contribution in [2.75, 3.05) is 19.1 Å². The molecule has 31 heavy (non-hydrogen) atoms. The summed E-state index contributed by atoms with van der Waals surface area (Å²) < 4.78 is 15.7. The molecule has 2 heterocycles. The minimum absolute atomic E-state index is 0.206. The second-order valence-corrected chi connectivity index (χ2v) is 7.70. The molecule has 0 aliphatic carbocycles. The Morgan fingerprint density at radius 2 is 1.84 bits per heavy atom. The van der Waals surface area contributed by atoms with Gasteiger partial charge in [0.2, 0.25) is 0 Å². The van der Waals surface area contributed by atoms with Crippen LogP contribution in [0.25, 0.3) is 6.08 Å². The lowest BCUT2D eigenvalue weighted by molar-refractivity contribution is -0.113. The van der Waals surface area contributed by atoms with Gasteiger partial charge in [-0.1, -0.05) is 35.1 Å². The Kier molecular flexibility index (Phi) is 6.08. The first kappa shape index (κ1) is 20.7. The highest BCUT2D eigenvalue weighted by molar-refractivity contribution is 8.13. The van der Waals surface area contributed by atoms with Crippen LogP contribution in [0.2, 0.25) is 0 Å².